The van der Waals surface area contributed by atoms with Crippen LogP contribution in [0.25, 0.3) is 11.4 Å². The number of rotatable bonds is 7. The number of allylic oxidation sites excluding steroid dienone is 1. The molecule has 0 spiro atoms. The number of hydrogen-bond acceptors (Lipinski definition) is 4. The van der Waals surface area contributed by atoms with Gasteiger partial charge in [0.15, 0.2) is 11.0 Å². The number of amides is 1. The molecule has 2 aromatic carbocycles. The van der Waals surface area contributed by atoms with E-state index in [0.29, 0.717) is 22.5 Å². The van der Waals surface area contributed by atoms with E-state index in [1.54, 1.807) is 6.08 Å². The van der Waals surface area contributed by atoms with Crippen molar-refractivity contribution in [1.82, 2.24) is 14.8 Å². The first-order valence-electron chi connectivity index (χ1n) is 8.36. The van der Waals surface area contributed by atoms with Crippen LogP contribution in [0.5, 0.6) is 0 Å². The predicted molar refractivity (Wildman–Crippen MR) is 111 cm³/mol. The number of hydrogen-bond donors (Lipinski definition) is 1. The maximum Gasteiger partial charge on any atom is 0.234 e. The van der Waals surface area contributed by atoms with E-state index in [1.165, 1.54) is 11.8 Å². The Morgan fingerprint density at radius 2 is 2.07 bits per heavy atom. The summed E-state index contributed by atoms with van der Waals surface area (Å²) in [7, 11) is 0. The van der Waals surface area contributed by atoms with Crippen LogP contribution in [0.2, 0.25) is 5.02 Å². The maximum atomic E-state index is 12.3. The van der Waals surface area contributed by atoms with Crippen molar-refractivity contribution in [2.45, 2.75) is 18.6 Å². The lowest BCUT2D eigenvalue weighted by Gasteiger charge is -2.08. The smallest absolute Gasteiger partial charge is 0.234 e. The van der Waals surface area contributed by atoms with E-state index in [0.717, 1.165) is 16.8 Å². The SMILES string of the molecule is C=CCn1c(SCC(=O)Nc2cccc(C)c2)nnc1-c1cccc(Cl)c1. The number of thioether (sulfide) groups is 1. The first kappa shape index (κ1) is 19.2. The Hall–Kier alpha value is -2.57. The zero-order valence-corrected chi connectivity index (χ0v) is 16.4. The molecule has 0 radical (unpaired) electrons. The summed E-state index contributed by atoms with van der Waals surface area (Å²) in [5.41, 5.74) is 2.75. The highest BCUT2D eigenvalue weighted by molar-refractivity contribution is 7.99. The van der Waals surface area contributed by atoms with Gasteiger partial charge in [0.05, 0.1) is 5.75 Å². The standard InChI is InChI=1S/C20H19ClN4OS/c1-3-10-25-19(15-7-5-8-16(21)12-15)23-24-20(25)27-13-18(26)22-17-9-4-6-14(2)11-17/h3-9,11-12H,1,10,13H2,2H3,(H,22,26). The summed E-state index contributed by atoms with van der Waals surface area (Å²) < 4.78 is 1.92. The van der Waals surface area contributed by atoms with Crippen LogP contribution in [0.3, 0.4) is 0 Å². The normalized spacial score (nSPS) is 10.6. The van der Waals surface area contributed by atoms with Crippen molar-refractivity contribution >= 4 is 35.0 Å². The van der Waals surface area contributed by atoms with Gasteiger partial charge in [-0.2, -0.15) is 0 Å². The van der Waals surface area contributed by atoms with Crippen molar-refractivity contribution in [1.29, 1.82) is 0 Å². The van der Waals surface area contributed by atoms with Crippen molar-refractivity contribution in [3.8, 4) is 11.4 Å². The molecule has 138 valence electrons. The molecule has 5 nitrogen and oxygen atoms in total. The molecule has 0 fully saturated rings. The number of anilines is 1. The summed E-state index contributed by atoms with van der Waals surface area (Å²) in [5, 5.41) is 12.7. The number of carbonyl (C=O) groups is 1. The summed E-state index contributed by atoms with van der Waals surface area (Å²) in [6.07, 6.45) is 1.77. The molecular formula is C20H19ClN4OS. The topological polar surface area (TPSA) is 59.8 Å². The van der Waals surface area contributed by atoms with Crippen molar-refractivity contribution in [2.24, 2.45) is 0 Å². The minimum atomic E-state index is -0.0944. The van der Waals surface area contributed by atoms with Crippen molar-refractivity contribution in [2.75, 3.05) is 11.1 Å². The molecule has 1 heterocycles. The number of benzene rings is 2. The van der Waals surface area contributed by atoms with Gasteiger partial charge in [0.25, 0.3) is 0 Å². The Bertz CT molecular complexity index is 970. The molecule has 7 heteroatoms. The van der Waals surface area contributed by atoms with E-state index < -0.39 is 0 Å². The third kappa shape index (κ3) is 4.99. The van der Waals surface area contributed by atoms with Gasteiger partial charge >= 0.3 is 0 Å². The van der Waals surface area contributed by atoms with Gasteiger partial charge in [0, 0.05) is 22.8 Å². The first-order chi connectivity index (χ1) is 13.1. The average Bonchev–Trinajstić information content (AvgIpc) is 3.03. The van der Waals surface area contributed by atoms with Crippen LogP contribution in [-0.2, 0) is 11.3 Å². The van der Waals surface area contributed by atoms with E-state index in [9.17, 15) is 4.79 Å². The van der Waals surface area contributed by atoms with Crippen LogP contribution < -0.4 is 5.32 Å². The molecule has 3 aromatic rings. The Morgan fingerprint density at radius 3 is 2.81 bits per heavy atom. The molecular weight excluding hydrogens is 380 g/mol. The second-order valence-electron chi connectivity index (χ2n) is 5.92. The number of aromatic nitrogens is 3. The van der Waals surface area contributed by atoms with Gasteiger partial charge in [-0.3, -0.25) is 9.36 Å². The summed E-state index contributed by atoms with van der Waals surface area (Å²) in [6, 6.07) is 15.1. The van der Waals surface area contributed by atoms with E-state index >= 15 is 0 Å². The highest BCUT2D eigenvalue weighted by Gasteiger charge is 2.15. The molecule has 0 atom stereocenters. The Balaban J connectivity index is 1.73. The number of carbonyl (C=O) groups excluding carboxylic acids is 1. The lowest BCUT2D eigenvalue weighted by molar-refractivity contribution is -0.113. The van der Waals surface area contributed by atoms with Crippen molar-refractivity contribution < 1.29 is 4.79 Å². The lowest BCUT2D eigenvalue weighted by atomic mass is 10.2. The van der Waals surface area contributed by atoms with Gasteiger partial charge in [0.1, 0.15) is 0 Å². The van der Waals surface area contributed by atoms with Gasteiger partial charge in [-0.15, -0.1) is 16.8 Å². The van der Waals surface area contributed by atoms with E-state index in [-0.39, 0.29) is 11.7 Å². The van der Waals surface area contributed by atoms with Crippen LogP contribution >= 0.6 is 23.4 Å². The monoisotopic (exact) mass is 398 g/mol. The second kappa shape index (κ2) is 8.88. The maximum absolute atomic E-state index is 12.3. The molecule has 0 saturated heterocycles. The molecule has 1 amide bonds. The van der Waals surface area contributed by atoms with Crippen LogP contribution in [0, 0.1) is 6.92 Å². The molecule has 1 aromatic heterocycles. The lowest BCUT2D eigenvalue weighted by Crippen LogP contribution is -2.14. The summed E-state index contributed by atoms with van der Waals surface area (Å²) >= 11 is 7.42. The molecule has 27 heavy (non-hydrogen) atoms. The van der Waals surface area contributed by atoms with Crippen LogP contribution in [0.15, 0.2) is 66.3 Å². The molecule has 1 N–H and O–H groups in total. The number of halogens is 1. The average molecular weight is 399 g/mol. The van der Waals surface area contributed by atoms with Crippen LogP contribution in [0.4, 0.5) is 5.69 Å². The minimum absolute atomic E-state index is 0.0944. The third-order valence-corrected chi connectivity index (χ3v) is 4.95. The molecule has 0 aliphatic heterocycles. The van der Waals surface area contributed by atoms with E-state index in [4.69, 9.17) is 11.6 Å². The molecule has 0 aliphatic carbocycles. The van der Waals surface area contributed by atoms with Gasteiger partial charge in [-0.05, 0) is 36.8 Å². The first-order valence-corrected chi connectivity index (χ1v) is 9.72. The minimum Gasteiger partial charge on any atom is -0.325 e. The van der Waals surface area contributed by atoms with Gasteiger partial charge in [-0.25, -0.2) is 0 Å². The van der Waals surface area contributed by atoms with Crippen LogP contribution in [0.1, 0.15) is 5.56 Å². The van der Waals surface area contributed by atoms with E-state index in [2.05, 4.69) is 22.1 Å². The highest BCUT2D eigenvalue weighted by Crippen LogP contribution is 2.26. The quantitative estimate of drug-likeness (QED) is 0.457. The fraction of sp³-hybridized carbons (Fsp3) is 0.150. The summed E-state index contributed by atoms with van der Waals surface area (Å²) in [6.45, 7) is 6.32. The summed E-state index contributed by atoms with van der Waals surface area (Å²) in [4.78, 5) is 12.3. The molecule has 0 saturated carbocycles. The molecule has 0 aliphatic rings. The zero-order valence-electron chi connectivity index (χ0n) is 14.9. The summed E-state index contributed by atoms with van der Waals surface area (Å²) in [5.74, 6) is 0.834. The van der Waals surface area contributed by atoms with Crippen molar-refractivity contribution in [3.63, 3.8) is 0 Å². The Morgan fingerprint density at radius 1 is 1.26 bits per heavy atom. The Labute approximate surface area is 167 Å². The molecule has 0 bridgehead atoms. The Kier molecular flexibility index (Phi) is 6.32. The highest BCUT2D eigenvalue weighted by atomic mass is 35.5. The number of aryl methyl sites for hydroxylation is 1. The van der Waals surface area contributed by atoms with Gasteiger partial charge < -0.3 is 5.32 Å². The fourth-order valence-corrected chi connectivity index (χ4v) is 3.52. The van der Waals surface area contributed by atoms with Gasteiger partial charge in [-0.1, -0.05) is 53.7 Å². The predicted octanol–water partition coefficient (Wildman–Crippen LogP) is 4.82. The molecule has 0 unspecified atom stereocenters. The largest absolute Gasteiger partial charge is 0.325 e. The van der Waals surface area contributed by atoms with Gasteiger partial charge in [0.2, 0.25) is 5.91 Å². The van der Waals surface area contributed by atoms with Crippen LogP contribution in [-0.4, -0.2) is 26.4 Å². The number of nitrogens with zero attached hydrogens (tertiary/aromatic N) is 3. The fourth-order valence-electron chi connectivity index (χ4n) is 2.58. The van der Waals surface area contributed by atoms with Crippen molar-refractivity contribution in [3.05, 3.63) is 71.8 Å². The third-order valence-electron chi connectivity index (χ3n) is 3.75. The van der Waals surface area contributed by atoms with E-state index in [1.807, 2.05) is 60.0 Å². The zero-order chi connectivity index (χ0) is 19.2. The second-order valence-corrected chi connectivity index (χ2v) is 7.30. The molecule has 3 rings (SSSR count). The number of nitrogens with one attached hydrogen (secondary N) is 1.